The molecular weight excluding hydrogens is 513 g/mol. The Morgan fingerprint density at radius 1 is 1.11 bits per heavy atom. The Hall–Kier alpha value is -4.39. The Balaban J connectivity index is 1.62. The van der Waals surface area contributed by atoms with E-state index in [-0.39, 0.29) is 22.6 Å². The lowest BCUT2D eigenvalue weighted by atomic mass is 10.0. The van der Waals surface area contributed by atoms with Crippen molar-refractivity contribution in [2.24, 2.45) is 0 Å². The Labute approximate surface area is 212 Å². The van der Waals surface area contributed by atoms with Gasteiger partial charge in [0.05, 0.1) is 23.0 Å². The van der Waals surface area contributed by atoms with Gasteiger partial charge in [0.2, 0.25) is 0 Å². The number of aliphatic hydroxyl groups is 1. The van der Waals surface area contributed by atoms with Crippen LogP contribution in [0.15, 0.2) is 71.7 Å². The van der Waals surface area contributed by atoms with Crippen LogP contribution in [-0.2, 0) is 5.92 Å². The molecule has 0 aliphatic heterocycles. The first-order chi connectivity index (χ1) is 18.0. The van der Waals surface area contributed by atoms with Crippen LogP contribution in [0.3, 0.4) is 0 Å². The molecule has 0 saturated heterocycles. The van der Waals surface area contributed by atoms with Crippen LogP contribution in [0, 0.1) is 5.82 Å². The monoisotopic (exact) mass is 533 g/mol. The van der Waals surface area contributed by atoms with Crippen molar-refractivity contribution < 1.29 is 31.9 Å². The fraction of sp³-hybridized carbons (Fsp3) is 0.200. The molecule has 0 saturated carbocycles. The molecule has 2 aromatic carbocycles. The second kappa shape index (κ2) is 10.5. The zero-order valence-electron chi connectivity index (χ0n) is 19.7. The summed E-state index contributed by atoms with van der Waals surface area (Å²) in [5.74, 6) is -5.93. The molecule has 1 atom stereocenters. The van der Waals surface area contributed by atoms with Gasteiger partial charge in [-0.2, -0.15) is 32.4 Å². The van der Waals surface area contributed by atoms with Gasteiger partial charge < -0.3 is 10.4 Å². The molecule has 13 heteroatoms. The molecule has 2 N–H and O–H groups in total. The topological polar surface area (TPSA) is 102 Å². The lowest BCUT2D eigenvalue weighted by Gasteiger charge is -2.20. The number of amides is 1. The van der Waals surface area contributed by atoms with Crippen LogP contribution in [0.1, 0.15) is 41.1 Å². The summed E-state index contributed by atoms with van der Waals surface area (Å²) in [6.45, 7) is -3.12. The largest absolute Gasteiger partial charge is 0.390 e. The van der Waals surface area contributed by atoms with E-state index in [1.807, 2.05) is 0 Å². The van der Waals surface area contributed by atoms with Gasteiger partial charge >= 0.3 is 6.55 Å². The highest BCUT2D eigenvalue weighted by Gasteiger charge is 2.35. The maximum absolute atomic E-state index is 14.8. The minimum atomic E-state index is -3.82. The van der Waals surface area contributed by atoms with E-state index in [0.717, 1.165) is 22.9 Å². The summed E-state index contributed by atoms with van der Waals surface area (Å²) in [5.41, 5.74) is -1.57. The van der Waals surface area contributed by atoms with Gasteiger partial charge in [0, 0.05) is 23.4 Å². The van der Waals surface area contributed by atoms with E-state index in [4.69, 9.17) is 5.11 Å². The van der Waals surface area contributed by atoms with E-state index in [9.17, 15) is 31.5 Å². The molecule has 0 spiro atoms. The fourth-order valence-corrected chi connectivity index (χ4v) is 3.81. The number of hydrogen-bond acceptors (Lipinski definition) is 5. The van der Waals surface area contributed by atoms with Crippen LogP contribution in [-0.4, -0.2) is 37.2 Å². The van der Waals surface area contributed by atoms with Gasteiger partial charge in [-0.3, -0.25) is 9.59 Å². The number of hydrogen-bond donors (Lipinski definition) is 2. The van der Waals surface area contributed by atoms with Gasteiger partial charge in [-0.1, -0.05) is 24.3 Å². The lowest BCUT2D eigenvalue weighted by Crippen LogP contribution is -2.31. The van der Waals surface area contributed by atoms with Crippen molar-refractivity contribution in [3.8, 4) is 16.9 Å². The summed E-state index contributed by atoms with van der Waals surface area (Å²) in [7, 11) is 0. The van der Waals surface area contributed by atoms with E-state index in [0.29, 0.717) is 10.2 Å². The average Bonchev–Trinajstić information content (AvgIpc) is 3.39. The van der Waals surface area contributed by atoms with Crippen molar-refractivity contribution in [1.29, 1.82) is 0 Å². The van der Waals surface area contributed by atoms with E-state index in [2.05, 4.69) is 15.5 Å². The number of carbonyl (C=O) groups excluding carboxylic acids is 1. The Morgan fingerprint density at radius 2 is 1.84 bits per heavy atom. The molecule has 4 aromatic rings. The molecule has 4 rings (SSSR count). The van der Waals surface area contributed by atoms with Gasteiger partial charge in [0.1, 0.15) is 18.1 Å². The molecular formula is C25H20F5N5O3. The minimum absolute atomic E-state index is 0.0913. The van der Waals surface area contributed by atoms with E-state index in [1.165, 1.54) is 55.6 Å². The molecule has 0 radical (unpaired) electrons. The van der Waals surface area contributed by atoms with Crippen molar-refractivity contribution in [2.45, 2.75) is 25.4 Å². The average molecular weight is 533 g/mol. The molecule has 2 heterocycles. The maximum Gasteiger partial charge on any atom is 0.333 e. The number of nitrogens with one attached hydrogen (secondary N) is 1. The SMILES string of the molecule is C[C@@H](NC(=O)c1ccc(=O)n(-c2cccc(-c3ccnn3C(F)F)c2)n1)c1cccc(C(F)(F)CO)c1F. The molecule has 0 fully saturated rings. The summed E-state index contributed by atoms with van der Waals surface area (Å²) in [6.07, 6.45) is 1.20. The van der Waals surface area contributed by atoms with Gasteiger partial charge in [-0.15, -0.1) is 0 Å². The third-order valence-electron chi connectivity index (χ3n) is 5.71. The van der Waals surface area contributed by atoms with Crippen molar-refractivity contribution in [1.82, 2.24) is 24.9 Å². The molecule has 0 unspecified atom stereocenters. The van der Waals surface area contributed by atoms with Crippen LogP contribution < -0.4 is 10.9 Å². The fourth-order valence-electron chi connectivity index (χ4n) is 3.81. The maximum atomic E-state index is 14.8. The number of carbonyl (C=O) groups is 1. The second-order valence-electron chi connectivity index (χ2n) is 8.22. The normalized spacial score (nSPS) is 12.5. The third kappa shape index (κ3) is 5.18. The second-order valence-corrected chi connectivity index (χ2v) is 8.22. The van der Waals surface area contributed by atoms with Gasteiger partial charge in [0.25, 0.3) is 17.4 Å². The minimum Gasteiger partial charge on any atom is -0.390 e. The Morgan fingerprint density at radius 3 is 2.55 bits per heavy atom. The lowest BCUT2D eigenvalue weighted by molar-refractivity contribution is -0.0584. The molecule has 38 heavy (non-hydrogen) atoms. The Bertz CT molecular complexity index is 1540. The number of nitrogens with zero attached hydrogens (tertiary/aromatic N) is 4. The number of benzene rings is 2. The summed E-state index contributed by atoms with van der Waals surface area (Å²) < 4.78 is 70.4. The first kappa shape index (κ1) is 26.7. The molecule has 0 bridgehead atoms. The molecule has 0 aliphatic rings. The number of aliphatic hydroxyl groups excluding tert-OH is 1. The highest BCUT2D eigenvalue weighted by Crippen LogP contribution is 2.32. The smallest absolute Gasteiger partial charge is 0.333 e. The van der Waals surface area contributed by atoms with Crippen LogP contribution >= 0.6 is 0 Å². The van der Waals surface area contributed by atoms with Crippen LogP contribution in [0.5, 0.6) is 0 Å². The highest BCUT2D eigenvalue weighted by atomic mass is 19.3. The van der Waals surface area contributed by atoms with Gasteiger partial charge in [0.15, 0.2) is 0 Å². The summed E-state index contributed by atoms with van der Waals surface area (Å²) in [4.78, 5) is 25.4. The standard InChI is InChI=1S/C25H20F5N5O3/c1-14(17-6-3-7-18(22(17)26)25(29,30)13-36)32-23(38)19-8-9-21(37)34(33-19)16-5-2-4-15(12-16)20-10-11-31-35(20)24(27)28/h2-12,14,24,36H,13H2,1H3,(H,32,38)/t14-/m1/s1. The van der Waals surface area contributed by atoms with E-state index >= 15 is 0 Å². The van der Waals surface area contributed by atoms with Crippen LogP contribution in [0.2, 0.25) is 0 Å². The van der Waals surface area contributed by atoms with Crippen molar-refractivity contribution >= 4 is 5.91 Å². The van der Waals surface area contributed by atoms with Crippen LogP contribution in [0.25, 0.3) is 16.9 Å². The zero-order chi connectivity index (χ0) is 27.6. The molecule has 1 amide bonds. The number of halogens is 5. The summed E-state index contributed by atoms with van der Waals surface area (Å²) in [5, 5.41) is 18.9. The van der Waals surface area contributed by atoms with Crippen molar-refractivity contribution in [2.75, 3.05) is 6.61 Å². The third-order valence-corrected chi connectivity index (χ3v) is 5.71. The molecule has 8 nitrogen and oxygen atoms in total. The van der Waals surface area contributed by atoms with E-state index in [1.54, 1.807) is 0 Å². The predicted molar refractivity (Wildman–Crippen MR) is 126 cm³/mol. The molecule has 0 aliphatic carbocycles. The molecule has 198 valence electrons. The number of aromatic nitrogens is 4. The number of rotatable bonds is 8. The highest BCUT2D eigenvalue weighted by molar-refractivity contribution is 5.92. The first-order valence-corrected chi connectivity index (χ1v) is 11.1. The number of alkyl halides is 4. The summed E-state index contributed by atoms with van der Waals surface area (Å²) >= 11 is 0. The zero-order valence-corrected chi connectivity index (χ0v) is 19.7. The molecule has 2 aromatic heterocycles. The van der Waals surface area contributed by atoms with Gasteiger partial charge in [-0.05, 0) is 37.3 Å². The quantitative estimate of drug-likeness (QED) is 0.331. The van der Waals surface area contributed by atoms with Gasteiger partial charge in [-0.25, -0.2) is 9.07 Å². The predicted octanol–water partition coefficient (Wildman–Crippen LogP) is 4.21. The first-order valence-electron chi connectivity index (χ1n) is 11.1. The van der Waals surface area contributed by atoms with E-state index < -0.39 is 48.0 Å². The van der Waals surface area contributed by atoms with Crippen LogP contribution in [0.4, 0.5) is 22.0 Å². The van der Waals surface area contributed by atoms with Crippen molar-refractivity contribution in [3.63, 3.8) is 0 Å². The Kier molecular flexibility index (Phi) is 7.39. The van der Waals surface area contributed by atoms with Crippen molar-refractivity contribution in [3.05, 3.63) is 99.9 Å². The summed E-state index contributed by atoms with van der Waals surface area (Å²) in [6, 6.07) is 11.6.